The molecular formula is C33H31N5O3. The van der Waals surface area contributed by atoms with Crippen LogP contribution in [-0.2, 0) is 17.7 Å². The Bertz CT molecular complexity index is 1690. The second kappa shape index (κ2) is 11.2. The fourth-order valence-electron chi connectivity index (χ4n) is 5.47. The molecule has 3 aromatic carbocycles. The highest BCUT2D eigenvalue weighted by atomic mass is 16.5. The quantitative estimate of drug-likeness (QED) is 0.246. The van der Waals surface area contributed by atoms with Crippen molar-refractivity contribution < 1.29 is 14.3 Å². The first-order valence-corrected chi connectivity index (χ1v) is 13.8. The molecule has 3 heterocycles. The molecule has 5 aromatic rings. The topological polar surface area (TPSA) is 81.4 Å². The van der Waals surface area contributed by atoms with Gasteiger partial charge in [0.05, 0.1) is 41.8 Å². The Morgan fingerprint density at radius 2 is 1.68 bits per heavy atom. The van der Waals surface area contributed by atoms with E-state index >= 15 is 0 Å². The van der Waals surface area contributed by atoms with Gasteiger partial charge in [-0.3, -0.25) is 0 Å². The van der Waals surface area contributed by atoms with Crippen LogP contribution < -0.4 is 5.32 Å². The molecule has 0 radical (unpaired) electrons. The second-order valence-corrected chi connectivity index (χ2v) is 9.83. The average Bonchev–Trinajstić information content (AvgIpc) is 3.59. The number of carbonyl (C=O) groups is 2. The summed E-state index contributed by atoms with van der Waals surface area (Å²) >= 11 is 0. The average molecular weight is 546 g/mol. The lowest BCUT2D eigenvalue weighted by Crippen LogP contribution is -2.38. The van der Waals surface area contributed by atoms with E-state index in [-0.39, 0.29) is 18.7 Å². The maximum atomic E-state index is 14.2. The predicted molar refractivity (Wildman–Crippen MR) is 158 cm³/mol. The third-order valence-electron chi connectivity index (χ3n) is 7.31. The molecule has 2 amide bonds. The summed E-state index contributed by atoms with van der Waals surface area (Å²) in [6, 6.07) is 30.3. The highest BCUT2D eigenvalue weighted by molar-refractivity contribution is 5.94. The number of hydrogen-bond donors (Lipinski definition) is 1. The van der Waals surface area contributed by atoms with Crippen molar-refractivity contribution in [2.24, 2.45) is 0 Å². The first-order valence-electron chi connectivity index (χ1n) is 13.8. The van der Waals surface area contributed by atoms with Gasteiger partial charge in [0.1, 0.15) is 5.82 Å². The van der Waals surface area contributed by atoms with Gasteiger partial charge in [0.2, 0.25) is 0 Å². The van der Waals surface area contributed by atoms with Gasteiger partial charge < -0.3 is 19.5 Å². The van der Waals surface area contributed by atoms with E-state index in [4.69, 9.17) is 9.84 Å². The SMILES string of the molecule is CCOC(=O)c1cccc(NC(=O)N2Cc3c(CC)nn(-c4ccccc4)c3-n3cccc3[C@@H]2c2ccccc2)c1. The maximum absolute atomic E-state index is 14.2. The summed E-state index contributed by atoms with van der Waals surface area (Å²) in [7, 11) is 0. The van der Waals surface area contributed by atoms with Gasteiger partial charge >= 0.3 is 12.0 Å². The molecule has 1 N–H and O–H groups in total. The number of ether oxygens (including phenoxy) is 1. The molecule has 0 unspecified atom stereocenters. The molecule has 2 aromatic heterocycles. The van der Waals surface area contributed by atoms with Gasteiger partial charge in [-0.1, -0.05) is 61.5 Å². The fraction of sp³-hybridized carbons (Fsp3) is 0.182. The largest absolute Gasteiger partial charge is 0.462 e. The molecule has 1 aliphatic rings. The minimum atomic E-state index is -0.427. The molecule has 8 nitrogen and oxygen atoms in total. The third-order valence-corrected chi connectivity index (χ3v) is 7.31. The molecule has 0 fully saturated rings. The number of hydrogen-bond acceptors (Lipinski definition) is 4. The number of aryl methyl sites for hydroxylation is 1. The molecule has 1 aliphatic heterocycles. The van der Waals surface area contributed by atoms with Crippen molar-refractivity contribution in [1.29, 1.82) is 0 Å². The van der Waals surface area contributed by atoms with E-state index in [0.29, 0.717) is 24.2 Å². The van der Waals surface area contributed by atoms with Gasteiger partial charge in [0, 0.05) is 17.4 Å². The second-order valence-electron chi connectivity index (χ2n) is 9.83. The van der Waals surface area contributed by atoms with Crippen LogP contribution in [0, 0.1) is 0 Å². The van der Waals surface area contributed by atoms with E-state index in [9.17, 15) is 9.59 Å². The number of carbonyl (C=O) groups excluding carboxylic acids is 2. The molecule has 206 valence electrons. The summed E-state index contributed by atoms with van der Waals surface area (Å²) in [6.45, 7) is 4.47. The number of aromatic nitrogens is 3. The van der Waals surface area contributed by atoms with Crippen LogP contribution in [0.2, 0.25) is 0 Å². The van der Waals surface area contributed by atoms with Crippen LogP contribution in [0.3, 0.4) is 0 Å². The zero-order valence-corrected chi connectivity index (χ0v) is 23.0. The number of nitrogens with zero attached hydrogens (tertiary/aromatic N) is 4. The summed E-state index contributed by atoms with van der Waals surface area (Å²) in [5.74, 6) is 0.498. The number of amides is 2. The van der Waals surface area contributed by atoms with Crippen molar-refractivity contribution in [2.75, 3.05) is 11.9 Å². The van der Waals surface area contributed by atoms with Crippen LogP contribution in [0.5, 0.6) is 0 Å². The van der Waals surface area contributed by atoms with Crippen LogP contribution in [0.25, 0.3) is 11.5 Å². The summed E-state index contributed by atoms with van der Waals surface area (Å²) < 4.78 is 9.28. The van der Waals surface area contributed by atoms with Crippen molar-refractivity contribution in [3.05, 3.63) is 131 Å². The number of nitrogens with one attached hydrogen (secondary N) is 1. The van der Waals surface area contributed by atoms with E-state index in [2.05, 4.69) is 22.9 Å². The van der Waals surface area contributed by atoms with Crippen LogP contribution in [0.1, 0.15) is 52.8 Å². The number of fused-ring (bicyclic) bond motifs is 3. The van der Waals surface area contributed by atoms with Crippen LogP contribution >= 0.6 is 0 Å². The molecule has 0 aliphatic carbocycles. The first kappa shape index (κ1) is 26.1. The minimum absolute atomic E-state index is 0.278. The van der Waals surface area contributed by atoms with Crippen molar-refractivity contribution >= 4 is 17.7 Å². The minimum Gasteiger partial charge on any atom is -0.462 e. The smallest absolute Gasteiger partial charge is 0.338 e. The number of rotatable bonds is 6. The Morgan fingerprint density at radius 3 is 2.41 bits per heavy atom. The molecule has 8 heteroatoms. The number of anilines is 1. The number of esters is 1. The van der Waals surface area contributed by atoms with Gasteiger partial charge in [-0.25, -0.2) is 14.3 Å². The molecule has 1 atom stereocenters. The van der Waals surface area contributed by atoms with Crippen molar-refractivity contribution in [3.8, 4) is 11.5 Å². The standard InChI is InChI=1S/C33H31N5O3/c1-3-28-27-22-37(33(40)34-25-16-11-15-24(21-25)32(39)41-4-2)30(23-13-7-5-8-14-23)29-19-12-20-36(29)31(27)38(35-28)26-17-9-6-10-18-26/h5-21,30H,3-4,22H2,1-2H3,(H,34,40)/t30-/m0/s1. The maximum Gasteiger partial charge on any atom is 0.338 e. The predicted octanol–water partition coefficient (Wildman–Crippen LogP) is 6.54. The molecule has 41 heavy (non-hydrogen) atoms. The molecule has 0 saturated carbocycles. The molecule has 0 spiro atoms. The van der Waals surface area contributed by atoms with E-state index in [1.54, 1.807) is 31.2 Å². The van der Waals surface area contributed by atoms with Gasteiger partial charge in [-0.05, 0) is 61.4 Å². The van der Waals surface area contributed by atoms with Crippen molar-refractivity contribution in [2.45, 2.75) is 32.9 Å². The van der Waals surface area contributed by atoms with Gasteiger partial charge in [0.15, 0.2) is 0 Å². The van der Waals surface area contributed by atoms with E-state index in [1.165, 1.54) is 0 Å². The third kappa shape index (κ3) is 4.89. The van der Waals surface area contributed by atoms with E-state index in [0.717, 1.165) is 34.0 Å². The summed E-state index contributed by atoms with van der Waals surface area (Å²) in [4.78, 5) is 28.4. The van der Waals surface area contributed by atoms with Crippen molar-refractivity contribution in [1.82, 2.24) is 19.2 Å². The lowest BCUT2D eigenvalue weighted by Gasteiger charge is -2.31. The van der Waals surface area contributed by atoms with Crippen molar-refractivity contribution in [3.63, 3.8) is 0 Å². The zero-order valence-electron chi connectivity index (χ0n) is 23.0. The summed E-state index contributed by atoms with van der Waals surface area (Å²) in [5, 5.41) is 8.06. The fourth-order valence-corrected chi connectivity index (χ4v) is 5.47. The lowest BCUT2D eigenvalue weighted by atomic mass is 10.0. The molecule has 0 saturated heterocycles. The normalized spacial score (nSPS) is 14.1. The molecule has 6 rings (SSSR count). The summed E-state index contributed by atoms with van der Waals surface area (Å²) in [5.41, 5.74) is 5.71. The number of benzene rings is 3. The van der Waals surface area contributed by atoms with E-state index in [1.807, 2.05) is 82.5 Å². The Kier molecular flexibility index (Phi) is 7.12. The lowest BCUT2D eigenvalue weighted by molar-refractivity contribution is 0.0526. The van der Waals surface area contributed by atoms with Gasteiger partial charge in [-0.15, -0.1) is 0 Å². The monoisotopic (exact) mass is 545 g/mol. The Balaban J connectivity index is 1.48. The summed E-state index contributed by atoms with van der Waals surface area (Å²) in [6.07, 6.45) is 2.75. The molecular weight excluding hydrogens is 514 g/mol. The Labute approximate surface area is 238 Å². The first-order chi connectivity index (χ1) is 20.1. The number of para-hydroxylation sites is 1. The highest BCUT2D eigenvalue weighted by Gasteiger charge is 2.36. The Morgan fingerprint density at radius 1 is 0.927 bits per heavy atom. The van der Waals surface area contributed by atoms with Gasteiger partial charge in [0.25, 0.3) is 0 Å². The van der Waals surface area contributed by atoms with E-state index < -0.39 is 5.97 Å². The zero-order chi connectivity index (χ0) is 28.3. The highest BCUT2D eigenvalue weighted by Crippen LogP contribution is 2.39. The van der Waals surface area contributed by atoms with Gasteiger partial charge in [-0.2, -0.15) is 5.10 Å². The molecule has 0 bridgehead atoms. The van der Waals surface area contributed by atoms with Crippen LogP contribution in [-0.4, -0.2) is 37.9 Å². The van der Waals surface area contributed by atoms with Crippen LogP contribution in [0.4, 0.5) is 10.5 Å². The number of urea groups is 1. The van der Waals surface area contributed by atoms with Crippen LogP contribution in [0.15, 0.2) is 103 Å². The Hall–Kier alpha value is -5.11.